The van der Waals surface area contributed by atoms with Crippen LogP contribution in [-0.4, -0.2) is 29.5 Å². The standard InChI is InChI=1S/C15H22N2O3/c1-4-12(5-2)16-15(18)10-20-14-9-7-6-8-13(14)11(3)17-19/h6-9,12,19H,4-5,10H2,1-3H3,(H,16,18). The van der Waals surface area contributed by atoms with E-state index in [1.54, 1.807) is 19.1 Å². The zero-order valence-electron chi connectivity index (χ0n) is 12.2. The van der Waals surface area contributed by atoms with E-state index in [4.69, 9.17) is 9.94 Å². The second-order valence-electron chi connectivity index (χ2n) is 4.55. The van der Waals surface area contributed by atoms with E-state index in [0.717, 1.165) is 12.8 Å². The van der Waals surface area contributed by atoms with Crippen LogP contribution in [0, 0.1) is 0 Å². The smallest absolute Gasteiger partial charge is 0.258 e. The first kappa shape index (κ1) is 16.0. The van der Waals surface area contributed by atoms with Crippen molar-refractivity contribution < 1.29 is 14.7 Å². The number of hydrogen-bond acceptors (Lipinski definition) is 4. The molecule has 1 rings (SSSR count). The highest BCUT2D eigenvalue weighted by atomic mass is 16.5. The fraction of sp³-hybridized carbons (Fsp3) is 0.467. The van der Waals surface area contributed by atoms with Crippen LogP contribution >= 0.6 is 0 Å². The first-order chi connectivity index (χ1) is 9.62. The first-order valence-electron chi connectivity index (χ1n) is 6.82. The van der Waals surface area contributed by atoms with Crippen molar-refractivity contribution in [2.24, 2.45) is 5.16 Å². The number of carbonyl (C=O) groups excluding carboxylic acids is 1. The van der Waals surface area contributed by atoms with Gasteiger partial charge in [-0.15, -0.1) is 0 Å². The van der Waals surface area contributed by atoms with Crippen LogP contribution in [0.25, 0.3) is 0 Å². The van der Waals surface area contributed by atoms with Crippen molar-refractivity contribution in [1.29, 1.82) is 0 Å². The topological polar surface area (TPSA) is 70.9 Å². The summed E-state index contributed by atoms with van der Waals surface area (Å²) in [4.78, 5) is 11.8. The van der Waals surface area contributed by atoms with Crippen LogP contribution in [0.5, 0.6) is 5.75 Å². The van der Waals surface area contributed by atoms with Gasteiger partial charge in [-0.3, -0.25) is 4.79 Å². The lowest BCUT2D eigenvalue weighted by molar-refractivity contribution is -0.123. The summed E-state index contributed by atoms with van der Waals surface area (Å²) in [6, 6.07) is 7.34. The second kappa shape index (κ2) is 8.19. The summed E-state index contributed by atoms with van der Waals surface area (Å²) >= 11 is 0. The molecule has 2 N–H and O–H groups in total. The number of nitrogens with one attached hydrogen (secondary N) is 1. The van der Waals surface area contributed by atoms with Gasteiger partial charge in [0.25, 0.3) is 5.91 Å². The Bertz CT molecular complexity index is 468. The number of amides is 1. The van der Waals surface area contributed by atoms with E-state index in [2.05, 4.69) is 10.5 Å². The highest BCUT2D eigenvalue weighted by Crippen LogP contribution is 2.18. The minimum absolute atomic E-state index is 0.0494. The average molecular weight is 278 g/mol. The molecule has 0 fully saturated rings. The highest BCUT2D eigenvalue weighted by Gasteiger charge is 2.11. The van der Waals surface area contributed by atoms with Gasteiger partial charge >= 0.3 is 0 Å². The Hall–Kier alpha value is -2.04. The Labute approximate surface area is 119 Å². The molecule has 0 aliphatic heterocycles. The lowest BCUT2D eigenvalue weighted by Crippen LogP contribution is -2.37. The molecule has 110 valence electrons. The molecule has 5 heteroatoms. The van der Waals surface area contributed by atoms with Crippen molar-refractivity contribution in [3.8, 4) is 5.75 Å². The van der Waals surface area contributed by atoms with E-state index in [-0.39, 0.29) is 18.6 Å². The van der Waals surface area contributed by atoms with Gasteiger partial charge in [0.2, 0.25) is 0 Å². The van der Waals surface area contributed by atoms with Crippen molar-refractivity contribution >= 4 is 11.6 Å². The number of carbonyl (C=O) groups is 1. The van der Waals surface area contributed by atoms with Crippen molar-refractivity contribution in [3.05, 3.63) is 29.8 Å². The van der Waals surface area contributed by atoms with Gasteiger partial charge in [0.15, 0.2) is 6.61 Å². The molecular weight excluding hydrogens is 256 g/mol. The summed E-state index contributed by atoms with van der Waals surface area (Å²) in [6.07, 6.45) is 1.80. The number of rotatable bonds is 7. The predicted octanol–water partition coefficient (Wildman–Crippen LogP) is 2.57. The van der Waals surface area contributed by atoms with Crippen molar-refractivity contribution in [1.82, 2.24) is 5.32 Å². The van der Waals surface area contributed by atoms with Gasteiger partial charge in [-0.25, -0.2) is 0 Å². The SMILES string of the molecule is CCC(CC)NC(=O)COc1ccccc1C(C)=NO. The fourth-order valence-corrected chi connectivity index (χ4v) is 1.85. The Morgan fingerprint density at radius 1 is 1.35 bits per heavy atom. The summed E-state index contributed by atoms with van der Waals surface area (Å²) in [7, 11) is 0. The van der Waals surface area contributed by atoms with E-state index in [0.29, 0.717) is 17.0 Å². The van der Waals surface area contributed by atoms with E-state index >= 15 is 0 Å². The Balaban J connectivity index is 2.64. The van der Waals surface area contributed by atoms with Crippen molar-refractivity contribution in [2.75, 3.05) is 6.61 Å². The lowest BCUT2D eigenvalue weighted by atomic mass is 10.1. The quantitative estimate of drug-likeness (QED) is 0.457. The van der Waals surface area contributed by atoms with Crippen LogP contribution in [0.3, 0.4) is 0 Å². The molecule has 0 aromatic heterocycles. The van der Waals surface area contributed by atoms with E-state index in [9.17, 15) is 4.79 Å². The van der Waals surface area contributed by atoms with Crippen molar-refractivity contribution in [3.63, 3.8) is 0 Å². The van der Waals surface area contributed by atoms with Gasteiger partial charge < -0.3 is 15.3 Å². The van der Waals surface area contributed by atoms with Gasteiger partial charge in [0.05, 0.1) is 5.71 Å². The molecule has 20 heavy (non-hydrogen) atoms. The van der Waals surface area contributed by atoms with Crippen LogP contribution < -0.4 is 10.1 Å². The van der Waals surface area contributed by atoms with Gasteiger partial charge in [-0.05, 0) is 31.9 Å². The maximum atomic E-state index is 11.8. The largest absolute Gasteiger partial charge is 0.483 e. The lowest BCUT2D eigenvalue weighted by Gasteiger charge is -2.15. The molecule has 0 saturated carbocycles. The molecule has 1 aromatic rings. The minimum Gasteiger partial charge on any atom is -0.483 e. The third-order valence-electron chi connectivity index (χ3n) is 3.14. The maximum absolute atomic E-state index is 11.8. The van der Waals surface area contributed by atoms with Gasteiger partial charge in [-0.2, -0.15) is 0 Å². The molecular formula is C15H22N2O3. The van der Waals surface area contributed by atoms with Crippen LogP contribution in [0.15, 0.2) is 29.4 Å². The molecule has 0 radical (unpaired) electrons. The zero-order chi connectivity index (χ0) is 15.0. The molecule has 1 aromatic carbocycles. The fourth-order valence-electron chi connectivity index (χ4n) is 1.85. The zero-order valence-corrected chi connectivity index (χ0v) is 12.2. The number of benzene rings is 1. The summed E-state index contributed by atoms with van der Waals surface area (Å²) < 4.78 is 5.51. The van der Waals surface area contributed by atoms with Gasteiger partial charge in [0.1, 0.15) is 5.75 Å². The molecule has 0 unspecified atom stereocenters. The molecule has 0 atom stereocenters. The molecule has 5 nitrogen and oxygen atoms in total. The minimum atomic E-state index is -0.146. The molecule has 0 heterocycles. The van der Waals surface area contributed by atoms with Crippen LogP contribution in [0.4, 0.5) is 0 Å². The predicted molar refractivity (Wildman–Crippen MR) is 78.4 cm³/mol. The first-order valence-corrected chi connectivity index (χ1v) is 6.82. The van der Waals surface area contributed by atoms with E-state index < -0.39 is 0 Å². The number of para-hydroxylation sites is 1. The van der Waals surface area contributed by atoms with Crippen LogP contribution in [0.1, 0.15) is 39.2 Å². The average Bonchev–Trinajstić information content (AvgIpc) is 2.50. The molecule has 0 aliphatic carbocycles. The maximum Gasteiger partial charge on any atom is 0.258 e. The number of ether oxygens (including phenoxy) is 1. The third-order valence-corrected chi connectivity index (χ3v) is 3.14. The summed E-state index contributed by atoms with van der Waals surface area (Å²) in [6.45, 7) is 5.69. The Morgan fingerprint density at radius 3 is 2.60 bits per heavy atom. The number of nitrogens with zero attached hydrogens (tertiary/aromatic N) is 1. The molecule has 0 spiro atoms. The second-order valence-corrected chi connectivity index (χ2v) is 4.55. The molecule has 1 amide bonds. The van der Waals surface area contributed by atoms with Crippen LogP contribution in [-0.2, 0) is 4.79 Å². The summed E-state index contributed by atoms with van der Waals surface area (Å²) in [5, 5.41) is 14.9. The normalized spacial score (nSPS) is 11.5. The Morgan fingerprint density at radius 2 is 2.00 bits per heavy atom. The number of hydrogen-bond donors (Lipinski definition) is 2. The van der Waals surface area contributed by atoms with Gasteiger partial charge in [0, 0.05) is 11.6 Å². The Kier molecular flexibility index (Phi) is 6.56. The van der Waals surface area contributed by atoms with E-state index in [1.165, 1.54) is 0 Å². The summed E-state index contributed by atoms with van der Waals surface area (Å²) in [5.74, 6) is 0.384. The molecule has 0 bridgehead atoms. The monoisotopic (exact) mass is 278 g/mol. The summed E-state index contributed by atoms with van der Waals surface area (Å²) in [5.41, 5.74) is 1.12. The van der Waals surface area contributed by atoms with Gasteiger partial charge in [-0.1, -0.05) is 31.1 Å². The molecule has 0 aliphatic rings. The van der Waals surface area contributed by atoms with Crippen LogP contribution in [0.2, 0.25) is 0 Å². The third kappa shape index (κ3) is 4.57. The van der Waals surface area contributed by atoms with Crippen molar-refractivity contribution in [2.45, 2.75) is 39.7 Å². The number of oxime groups is 1. The molecule has 0 saturated heterocycles. The van der Waals surface area contributed by atoms with E-state index in [1.807, 2.05) is 26.0 Å². The highest BCUT2D eigenvalue weighted by molar-refractivity contribution is 6.00.